The molecule has 2 radical (unpaired) electrons. The maximum Gasteiger partial charge on any atom is 0.0287 e. The third-order valence-corrected chi connectivity index (χ3v) is 0. The average Bonchev–Trinajstić information content (AvgIpc) is 0.918. The summed E-state index contributed by atoms with van der Waals surface area (Å²) in [6, 6.07) is 0. The molecule has 1 unspecified atom stereocenters. The fraction of sp³-hybridized carbons (Fsp3) is 1.00. The van der Waals surface area contributed by atoms with Gasteiger partial charge in [-0.1, -0.05) is 6.66 Å². The first-order valence-corrected chi connectivity index (χ1v) is 6.00. The predicted octanol–water partition coefficient (Wildman–Crippen LogP) is -0.437. The summed E-state index contributed by atoms with van der Waals surface area (Å²) in [6.45, 7) is 2.21. The van der Waals surface area contributed by atoms with Gasteiger partial charge in [-0.2, -0.15) is 0 Å². The summed E-state index contributed by atoms with van der Waals surface area (Å²) < 4.78 is 0. The van der Waals surface area contributed by atoms with E-state index in [0.717, 1.165) is 0 Å². The molecule has 0 fully saturated rings. The largest absolute Gasteiger partial charge is 0.147 e. The fourth-order valence-electron chi connectivity index (χ4n) is 0. The van der Waals surface area contributed by atoms with Gasteiger partial charge in [-0.15, -0.1) is 8.13 Å². The van der Waals surface area contributed by atoms with Gasteiger partial charge in [-0.25, -0.2) is 0 Å². The molecule has 0 heterocycles. The van der Waals surface area contributed by atoms with E-state index < -0.39 is 0 Å². The van der Waals surface area contributed by atoms with E-state index in [0.29, 0.717) is 0 Å². The maximum atomic E-state index is 2.21. The van der Waals surface area contributed by atoms with Crippen LogP contribution in [0.3, 0.4) is 0 Å². The summed E-state index contributed by atoms with van der Waals surface area (Å²) in [7, 11) is 2.62. The van der Waals surface area contributed by atoms with Crippen molar-refractivity contribution in [2.75, 3.05) is 6.66 Å². The van der Waals surface area contributed by atoms with Crippen molar-refractivity contribution in [2.45, 2.75) is 0 Å². The van der Waals surface area contributed by atoms with Crippen LogP contribution in [0, 0.1) is 0 Å². The van der Waals surface area contributed by atoms with Crippen molar-refractivity contribution in [3.8, 4) is 0 Å². The van der Waals surface area contributed by atoms with E-state index in [-0.39, 0.29) is 89.3 Å². The molecule has 0 saturated carbocycles. The van der Waals surface area contributed by atoms with Crippen molar-refractivity contribution in [1.29, 1.82) is 0 Å². The zero-order valence-corrected chi connectivity index (χ0v) is 14.9. The van der Waals surface area contributed by atoms with E-state index in [1.54, 1.807) is 0 Å². The van der Waals surface area contributed by atoms with Crippen molar-refractivity contribution in [2.24, 2.45) is 0 Å². The van der Waals surface area contributed by atoms with Crippen LogP contribution in [0.5, 0.6) is 0 Å². The summed E-state index contributed by atoms with van der Waals surface area (Å²) in [6.07, 6.45) is 0. The number of rotatable bonds is 0. The molecule has 0 bridgehead atoms. The van der Waals surface area contributed by atoms with E-state index in [2.05, 4.69) is 6.66 Å². The molecule has 0 aromatic rings. The molecule has 0 aliphatic rings. The zero-order chi connectivity index (χ0) is 2.71. The van der Waals surface area contributed by atoms with Gasteiger partial charge in [0, 0.05) is 99.3 Å². The zero-order valence-electron chi connectivity index (χ0n) is 4.38. The standard InChI is InChI=1S/CH7PSi.Co.Cr.Fe.Mn.W/c1-2-3;;;;;/h2H,1,3H3;;;;;. The van der Waals surface area contributed by atoms with Crippen LogP contribution in [0.2, 0.25) is 0 Å². The molecule has 0 spiro atoms. The third-order valence-electron chi connectivity index (χ3n) is 0. The quantitative estimate of drug-likeness (QED) is 0.324. The number of hydrogen-bond acceptors (Lipinski definition) is 0. The van der Waals surface area contributed by atoms with Gasteiger partial charge < -0.3 is 0 Å². The first-order valence-electron chi connectivity index (χ1n) is 1.00. The van der Waals surface area contributed by atoms with Gasteiger partial charge in [0.1, 0.15) is 0 Å². The van der Waals surface area contributed by atoms with Gasteiger partial charge >= 0.3 is 0 Å². The van der Waals surface area contributed by atoms with Crippen LogP contribution in [0.1, 0.15) is 0 Å². The van der Waals surface area contributed by atoms with Crippen LogP contribution >= 0.6 is 8.13 Å². The second-order valence-electron chi connectivity index (χ2n) is 0.500. The first kappa shape index (κ1) is 42.2. The van der Waals surface area contributed by atoms with Crippen LogP contribution in [-0.4, -0.2) is 16.6 Å². The molecule has 7 heteroatoms. The Balaban J connectivity index is -0.00000000200. The smallest absolute Gasteiger partial charge is 0.0287 e. The maximum absolute atomic E-state index is 2.21. The Bertz CT molecular complexity index is 24.0. The molecule has 1 atom stereocenters. The number of hydrogen-bond donors (Lipinski definition) is 0. The van der Waals surface area contributed by atoms with Crippen LogP contribution in [0.15, 0.2) is 0 Å². The van der Waals surface area contributed by atoms with E-state index in [4.69, 9.17) is 0 Å². The topological polar surface area (TPSA) is 0 Å². The molecule has 8 heavy (non-hydrogen) atoms. The molecule has 0 N–H and O–H groups in total. The van der Waals surface area contributed by atoms with E-state index >= 15 is 0 Å². The summed E-state index contributed by atoms with van der Waals surface area (Å²) in [5.74, 6) is 0. The Morgan fingerprint density at radius 2 is 1.38 bits per heavy atom. The SMILES string of the molecule is CP[SiH3].[Co].[Cr].[Fe].[Mn].[W]. The Morgan fingerprint density at radius 1 is 1.38 bits per heavy atom. The minimum atomic E-state index is 0. The molecule has 0 amide bonds. The summed E-state index contributed by atoms with van der Waals surface area (Å²) in [5, 5.41) is 0. The van der Waals surface area contributed by atoms with Gasteiger partial charge in [0.2, 0.25) is 0 Å². The van der Waals surface area contributed by atoms with E-state index in [9.17, 15) is 0 Å². The Hall–Kier alpha value is 3.41. The molecule has 0 aromatic carbocycles. The second kappa shape index (κ2) is 47.4. The first-order chi connectivity index (χ1) is 1.41. The van der Waals surface area contributed by atoms with Gasteiger partial charge in [-0.05, 0) is 0 Å². The van der Waals surface area contributed by atoms with Crippen LogP contribution in [0.25, 0.3) is 0 Å². The van der Waals surface area contributed by atoms with Gasteiger partial charge in [0.25, 0.3) is 0 Å². The summed E-state index contributed by atoms with van der Waals surface area (Å²) in [5.41, 5.74) is 0. The monoisotopic (exact) mass is 484 g/mol. The van der Waals surface area contributed by atoms with E-state index in [1.807, 2.05) is 0 Å². The van der Waals surface area contributed by atoms with Crippen molar-refractivity contribution in [1.82, 2.24) is 0 Å². The van der Waals surface area contributed by atoms with Crippen molar-refractivity contribution >= 4 is 18.0 Å². The molecule has 56 valence electrons. The predicted molar refractivity (Wildman–Crippen MR) is 24.2 cm³/mol. The summed E-state index contributed by atoms with van der Waals surface area (Å²) in [4.78, 5) is 0. The average molecular weight is 484 g/mol. The van der Waals surface area contributed by atoms with Crippen LogP contribution < -0.4 is 0 Å². The molecule has 0 aliphatic heterocycles. The molecular formula is CH7CoCrFeMnPSiW. The second-order valence-corrected chi connectivity index (χ2v) is 4.50. The van der Waals surface area contributed by atoms with Gasteiger partial charge in [-0.3, -0.25) is 0 Å². The summed E-state index contributed by atoms with van der Waals surface area (Å²) >= 11 is 0. The minimum absolute atomic E-state index is 0. The van der Waals surface area contributed by atoms with Crippen LogP contribution in [0.4, 0.5) is 0 Å². The van der Waals surface area contributed by atoms with Crippen molar-refractivity contribution < 1.29 is 89.3 Å². The minimum Gasteiger partial charge on any atom is -0.147 e. The fourth-order valence-corrected chi connectivity index (χ4v) is 0. The van der Waals surface area contributed by atoms with Crippen molar-refractivity contribution in [3.63, 3.8) is 0 Å². The Labute approximate surface area is 112 Å². The molecule has 0 aromatic heterocycles. The molecule has 0 aliphatic carbocycles. The molecule has 0 rings (SSSR count). The van der Waals surface area contributed by atoms with Gasteiger partial charge in [0.15, 0.2) is 0 Å². The Kier molecular flexibility index (Phi) is 250. The molecule has 0 saturated heterocycles. The van der Waals surface area contributed by atoms with Crippen molar-refractivity contribution in [3.05, 3.63) is 0 Å². The van der Waals surface area contributed by atoms with E-state index in [1.165, 1.54) is 18.0 Å². The third kappa shape index (κ3) is 57.2. The van der Waals surface area contributed by atoms with Gasteiger partial charge in [0.05, 0.1) is 0 Å². The molecule has 0 nitrogen and oxygen atoms in total. The van der Waals surface area contributed by atoms with Crippen LogP contribution in [-0.2, 0) is 89.3 Å². The normalized spacial score (nSPS) is 4.12. The Morgan fingerprint density at radius 3 is 1.38 bits per heavy atom. The molecular weight excluding hydrogens is 477 g/mol.